The Morgan fingerprint density at radius 2 is 1.84 bits per heavy atom. The molecule has 2 aliphatic heterocycles. The molecule has 174 valence electrons. The van der Waals surface area contributed by atoms with E-state index in [2.05, 4.69) is 13.0 Å². The Labute approximate surface area is 191 Å². The first-order valence-corrected chi connectivity index (χ1v) is 13.0. The average Bonchev–Trinajstić information content (AvgIpc) is 2.82. The molecule has 0 saturated carbocycles. The van der Waals surface area contributed by atoms with Crippen LogP contribution in [0, 0.1) is 5.92 Å². The van der Waals surface area contributed by atoms with E-state index in [0.717, 1.165) is 43.4 Å². The summed E-state index contributed by atoms with van der Waals surface area (Å²) in [6.45, 7) is 5.35. The molecule has 1 unspecified atom stereocenters. The first-order valence-electron chi connectivity index (χ1n) is 11.6. The van der Waals surface area contributed by atoms with Crippen molar-refractivity contribution in [3.63, 3.8) is 0 Å². The molecule has 4 rings (SSSR count). The van der Waals surface area contributed by atoms with Gasteiger partial charge >= 0.3 is 0 Å². The third kappa shape index (κ3) is 4.65. The predicted octanol–water partition coefficient (Wildman–Crippen LogP) is 3.95. The number of hydrogen-bond donors (Lipinski definition) is 1. The zero-order chi connectivity index (χ0) is 22.7. The van der Waals surface area contributed by atoms with Crippen molar-refractivity contribution in [1.82, 2.24) is 0 Å². The molecule has 6 nitrogen and oxygen atoms in total. The van der Waals surface area contributed by atoms with Crippen LogP contribution in [-0.2, 0) is 27.6 Å². The summed E-state index contributed by atoms with van der Waals surface area (Å²) in [7, 11) is -3.70. The minimum atomic E-state index is -3.70. The number of fused-ring (bicyclic) bond motifs is 1. The molecule has 2 aliphatic rings. The van der Waals surface area contributed by atoms with Crippen LogP contribution in [0.1, 0.15) is 44.2 Å². The van der Waals surface area contributed by atoms with Gasteiger partial charge in [0.05, 0.1) is 17.2 Å². The zero-order valence-corrected chi connectivity index (χ0v) is 19.7. The van der Waals surface area contributed by atoms with E-state index in [4.69, 9.17) is 9.47 Å². The van der Waals surface area contributed by atoms with Gasteiger partial charge in [0.15, 0.2) is 0 Å². The molecule has 32 heavy (non-hydrogen) atoms. The summed E-state index contributed by atoms with van der Waals surface area (Å²) in [4.78, 5) is 0.246. The fourth-order valence-electron chi connectivity index (χ4n) is 4.71. The van der Waals surface area contributed by atoms with Crippen molar-refractivity contribution in [3.05, 3.63) is 53.6 Å². The van der Waals surface area contributed by atoms with Crippen LogP contribution >= 0.6 is 0 Å². The topological polar surface area (TPSA) is 76.1 Å². The summed E-state index contributed by atoms with van der Waals surface area (Å²) in [5.41, 5.74) is 3.09. The van der Waals surface area contributed by atoms with Crippen molar-refractivity contribution in [2.75, 3.05) is 24.1 Å². The number of hydrogen-bond acceptors (Lipinski definition) is 5. The second-order valence-electron chi connectivity index (χ2n) is 8.77. The second kappa shape index (κ2) is 9.81. The summed E-state index contributed by atoms with van der Waals surface area (Å²) in [5, 5.41) is 9.78. The lowest BCUT2D eigenvalue weighted by atomic mass is 9.94. The van der Waals surface area contributed by atoms with E-state index in [1.54, 1.807) is 28.6 Å². The molecule has 7 heteroatoms. The summed E-state index contributed by atoms with van der Waals surface area (Å²) >= 11 is 0. The Balaban J connectivity index is 1.56. The molecule has 0 aliphatic carbocycles. The van der Waals surface area contributed by atoms with Gasteiger partial charge in [0, 0.05) is 25.2 Å². The van der Waals surface area contributed by atoms with Crippen LogP contribution in [0.2, 0.25) is 0 Å². The molecule has 2 aromatic carbocycles. The van der Waals surface area contributed by atoms with E-state index in [1.807, 2.05) is 19.1 Å². The Hall–Kier alpha value is -2.09. The van der Waals surface area contributed by atoms with Gasteiger partial charge in [-0.1, -0.05) is 19.1 Å². The van der Waals surface area contributed by atoms with Crippen LogP contribution in [0.3, 0.4) is 0 Å². The van der Waals surface area contributed by atoms with Gasteiger partial charge in [0.25, 0.3) is 10.0 Å². The van der Waals surface area contributed by atoms with E-state index < -0.39 is 10.0 Å². The third-order valence-corrected chi connectivity index (χ3v) is 8.60. The predicted molar refractivity (Wildman–Crippen MR) is 125 cm³/mol. The summed E-state index contributed by atoms with van der Waals surface area (Å²) in [6, 6.07) is 12.6. The largest absolute Gasteiger partial charge is 0.488 e. The van der Waals surface area contributed by atoms with Crippen molar-refractivity contribution in [2.45, 2.75) is 63.0 Å². The van der Waals surface area contributed by atoms with Gasteiger partial charge in [-0.15, -0.1) is 0 Å². The Bertz CT molecular complexity index is 1020. The number of ether oxygens (including phenoxy) is 2. The minimum absolute atomic E-state index is 0.0768. The number of aliphatic hydroxyl groups excluding tert-OH is 1. The summed E-state index contributed by atoms with van der Waals surface area (Å²) in [5.74, 6) is 0.796. The van der Waals surface area contributed by atoms with E-state index in [0.29, 0.717) is 19.0 Å². The highest BCUT2D eigenvalue weighted by molar-refractivity contribution is 7.92. The maximum absolute atomic E-state index is 13.6. The number of anilines is 1. The molecule has 0 amide bonds. The van der Waals surface area contributed by atoms with E-state index in [-0.39, 0.29) is 29.6 Å². The average molecular weight is 460 g/mol. The Morgan fingerprint density at radius 1 is 1.12 bits per heavy atom. The van der Waals surface area contributed by atoms with Crippen molar-refractivity contribution >= 4 is 15.7 Å². The van der Waals surface area contributed by atoms with Gasteiger partial charge in [0.1, 0.15) is 11.9 Å². The van der Waals surface area contributed by atoms with E-state index >= 15 is 0 Å². The lowest BCUT2D eigenvalue weighted by molar-refractivity contribution is -0.00307. The minimum Gasteiger partial charge on any atom is -0.488 e. The van der Waals surface area contributed by atoms with Gasteiger partial charge in [-0.25, -0.2) is 8.42 Å². The smallest absolute Gasteiger partial charge is 0.264 e. The Morgan fingerprint density at radius 3 is 2.50 bits per heavy atom. The molecule has 1 fully saturated rings. The van der Waals surface area contributed by atoms with E-state index in [1.165, 1.54) is 5.56 Å². The monoisotopic (exact) mass is 459 g/mol. The summed E-state index contributed by atoms with van der Waals surface area (Å²) in [6.07, 6.45) is 4.00. The highest BCUT2D eigenvalue weighted by atomic mass is 32.2. The number of aliphatic hydroxyl groups is 1. The van der Waals surface area contributed by atoms with Crippen molar-refractivity contribution in [2.24, 2.45) is 5.92 Å². The van der Waals surface area contributed by atoms with Crippen LogP contribution in [0.15, 0.2) is 47.4 Å². The van der Waals surface area contributed by atoms with Crippen molar-refractivity contribution < 1.29 is 23.0 Å². The zero-order valence-electron chi connectivity index (χ0n) is 18.9. The second-order valence-corrected chi connectivity index (χ2v) is 10.6. The molecule has 1 saturated heterocycles. The molecule has 0 aromatic heterocycles. The van der Waals surface area contributed by atoms with Crippen LogP contribution in [-0.4, -0.2) is 45.5 Å². The SMILES string of the molecule is CCc1ccc2c(c1)CCC(C)N2S(=O)(=O)c1ccc(O[C@H](CO)C2CCOCC2)cc1. The van der Waals surface area contributed by atoms with Crippen LogP contribution < -0.4 is 9.04 Å². The molecule has 1 N–H and O–H groups in total. The van der Waals surface area contributed by atoms with Crippen molar-refractivity contribution in [1.29, 1.82) is 0 Å². The molecular formula is C25H33NO5S. The third-order valence-electron chi connectivity index (χ3n) is 6.66. The number of aryl methyl sites for hydroxylation is 2. The van der Waals surface area contributed by atoms with Crippen molar-refractivity contribution in [3.8, 4) is 5.75 Å². The number of rotatable bonds is 7. The molecule has 0 spiro atoms. The first kappa shape index (κ1) is 23.1. The molecule has 0 bridgehead atoms. The number of sulfonamides is 1. The number of nitrogens with zero attached hydrogens (tertiary/aromatic N) is 1. The normalized spacial score (nSPS) is 20.6. The molecule has 2 heterocycles. The van der Waals surface area contributed by atoms with E-state index in [9.17, 15) is 13.5 Å². The van der Waals surface area contributed by atoms with Gasteiger partial charge in [0.2, 0.25) is 0 Å². The first-order chi connectivity index (χ1) is 15.4. The lowest BCUT2D eigenvalue weighted by Gasteiger charge is -2.36. The van der Waals surface area contributed by atoms with Gasteiger partial charge in [-0.3, -0.25) is 4.31 Å². The van der Waals surface area contributed by atoms with Gasteiger partial charge in [-0.2, -0.15) is 0 Å². The standard InChI is InChI=1S/C25H33NO5S/c1-3-19-5-11-24-21(16-19)6-4-18(2)26(24)32(28,29)23-9-7-22(8-10-23)31-25(17-27)20-12-14-30-15-13-20/h5,7-11,16,18,20,25,27H,3-4,6,12-15,17H2,1-2H3/t18?,25-/m1/s1. The van der Waals surface area contributed by atoms with Crippen LogP contribution in [0.5, 0.6) is 5.75 Å². The fourth-order valence-corrected chi connectivity index (χ4v) is 6.43. The number of benzene rings is 2. The van der Waals surface area contributed by atoms with Gasteiger partial charge < -0.3 is 14.6 Å². The fraction of sp³-hybridized carbons (Fsp3) is 0.520. The lowest BCUT2D eigenvalue weighted by Crippen LogP contribution is -2.42. The van der Waals surface area contributed by atoms with Crippen LogP contribution in [0.4, 0.5) is 5.69 Å². The molecule has 2 atom stereocenters. The maximum Gasteiger partial charge on any atom is 0.264 e. The molecular weight excluding hydrogens is 426 g/mol. The van der Waals surface area contributed by atoms with Crippen LogP contribution in [0.25, 0.3) is 0 Å². The highest BCUT2D eigenvalue weighted by Crippen LogP contribution is 2.36. The highest BCUT2D eigenvalue weighted by Gasteiger charge is 2.34. The quantitative estimate of drug-likeness (QED) is 0.679. The molecule has 2 aromatic rings. The molecule has 0 radical (unpaired) electrons. The summed E-state index contributed by atoms with van der Waals surface area (Å²) < 4.78 is 40.1. The van der Waals surface area contributed by atoms with Gasteiger partial charge in [-0.05, 0) is 80.5 Å². The maximum atomic E-state index is 13.6. The Kier molecular flexibility index (Phi) is 7.08.